The summed E-state index contributed by atoms with van der Waals surface area (Å²) >= 11 is 3.23. The number of rotatable bonds is 3. The van der Waals surface area contributed by atoms with Crippen molar-refractivity contribution in [3.8, 4) is 0 Å². The molecule has 1 fully saturated rings. The predicted octanol–water partition coefficient (Wildman–Crippen LogP) is 3.68. The van der Waals surface area contributed by atoms with Gasteiger partial charge in [0.1, 0.15) is 5.82 Å². The SMILES string of the molecule is CC(O)(Cc1ccc(Br)cc1F)C1(C)CC1. The normalized spacial score (nSPS) is 21.6. The molecule has 1 nitrogen and oxygen atoms in total. The van der Waals surface area contributed by atoms with Crippen molar-refractivity contribution in [3.05, 3.63) is 34.1 Å². The van der Waals surface area contributed by atoms with Crippen molar-refractivity contribution in [1.29, 1.82) is 0 Å². The van der Waals surface area contributed by atoms with E-state index in [0.717, 1.165) is 17.3 Å². The predicted molar refractivity (Wildman–Crippen MR) is 65.8 cm³/mol. The Balaban J connectivity index is 2.20. The zero-order chi connectivity index (χ0) is 12.0. The van der Waals surface area contributed by atoms with Gasteiger partial charge in [0, 0.05) is 10.9 Å². The van der Waals surface area contributed by atoms with E-state index < -0.39 is 5.60 Å². The number of aliphatic hydroxyl groups is 1. The van der Waals surface area contributed by atoms with Crippen molar-refractivity contribution >= 4 is 15.9 Å². The molecule has 0 bridgehead atoms. The molecule has 1 unspecified atom stereocenters. The van der Waals surface area contributed by atoms with Crippen LogP contribution in [-0.2, 0) is 6.42 Å². The number of halogens is 2. The molecule has 1 aromatic rings. The molecule has 3 heteroatoms. The highest BCUT2D eigenvalue weighted by molar-refractivity contribution is 9.10. The molecule has 0 spiro atoms. The molecule has 1 atom stereocenters. The van der Waals surface area contributed by atoms with Crippen LogP contribution in [-0.4, -0.2) is 10.7 Å². The summed E-state index contributed by atoms with van der Waals surface area (Å²) in [5.41, 5.74) is -0.268. The molecule has 1 saturated carbocycles. The molecular formula is C13H16BrFO. The minimum absolute atomic E-state index is 0.0352. The average Bonchev–Trinajstić information content (AvgIpc) is 2.90. The summed E-state index contributed by atoms with van der Waals surface area (Å²) in [5, 5.41) is 10.4. The van der Waals surface area contributed by atoms with Crippen LogP contribution in [0.15, 0.2) is 22.7 Å². The van der Waals surface area contributed by atoms with Crippen LogP contribution in [0.25, 0.3) is 0 Å². The van der Waals surface area contributed by atoms with Crippen molar-refractivity contribution in [3.63, 3.8) is 0 Å². The van der Waals surface area contributed by atoms with Gasteiger partial charge >= 0.3 is 0 Å². The second kappa shape index (κ2) is 3.81. The van der Waals surface area contributed by atoms with Gasteiger partial charge < -0.3 is 5.11 Å². The van der Waals surface area contributed by atoms with Gasteiger partial charge in [-0.05, 0) is 42.9 Å². The molecule has 0 amide bonds. The molecule has 0 aliphatic heterocycles. The molecule has 0 heterocycles. The molecule has 0 radical (unpaired) electrons. The van der Waals surface area contributed by atoms with Crippen LogP contribution in [0, 0.1) is 11.2 Å². The molecule has 0 saturated heterocycles. The molecule has 88 valence electrons. The first-order chi connectivity index (χ1) is 7.34. The first-order valence-electron chi connectivity index (χ1n) is 5.50. The number of benzene rings is 1. The zero-order valence-corrected chi connectivity index (χ0v) is 11.1. The second-order valence-corrected chi connectivity index (χ2v) is 6.16. The fourth-order valence-corrected chi connectivity index (χ4v) is 2.31. The summed E-state index contributed by atoms with van der Waals surface area (Å²) in [4.78, 5) is 0. The summed E-state index contributed by atoms with van der Waals surface area (Å²) < 4.78 is 14.4. The van der Waals surface area contributed by atoms with Gasteiger partial charge in [-0.1, -0.05) is 28.9 Å². The van der Waals surface area contributed by atoms with Crippen molar-refractivity contribution < 1.29 is 9.50 Å². The van der Waals surface area contributed by atoms with Crippen LogP contribution >= 0.6 is 15.9 Å². The van der Waals surface area contributed by atoms with E-state index >= 15 is 0 Å². The van der Waals surface area contributed by atoms with Crippen LogP contribution in [0.5, 0.6) is 0 Å². The van der Waals surface area contributed by atoms with E-state index in [1.807, 2.05) is 13.0 Å². The van der Waals surface area contributed by atoms with Gasteiger partial charge in [-0.15, -0.1) is 0 Å². The summed E-state index contributed by atoms with van der Waals surface area (Å²) in [7, 11) is 0. The highest BCUT2D eigenvalue weighted by Crippen LogP contribution is 2.54. The summed E-state index contributed by atoms with van der Waals surface area (Å²) in [6.07, 6.45) is 2.43. The topological polar surface area (TPSA) is 20.2 Å². The maximum absolute atomic E-state index is 13.6. The molecule has 1 aromatic carbocycles. The molecule has 2 rings (SSSR count). The average molecular weight is 287 g/mol. The van der Waals surface area contributed by atoms with Gasteiger partial charge in [0.2, 0.25) is 0 Å². The van der Waals surface area contributed by atoms with Crippen LogP contribution < -0.4 is 0 Å². The number of hydrogen-bond donors (Lipinski definition) is 1. The van der Waals surface area contributed by atoms with Gasteiger partial charge in [-0.25, -0.2) is 4.39 Å². The number of hydrogen-bond acceptors (Lipinski definition) is 1. The molecular weight excluding hydrogens is 271 g/mol. The van der Waals surface area contributed by atoms with Crippen molar-refractivity contribution in [2.45, 2.75) is 38.7 Å². The Hall–Kier alpha value is -0.410. The molecule has 1 aliphatic rings. The lowest BCUT2D eigenvalue weighted by molar-refractivity contribution is -0.00769. The maximum Gasteiger partial charge on any atom is 0.127 e. The monoisotopic (exact) mass is 286 g/mol. The summed E-state index contributed by atoms with van der Waals surface area (Å²) in [5.74, 6) is -0.251. The maximum atomic E-state index is 13.6. The standard InChI is InChI=1S/C13H16BrFO/c1-12(5-6-12)13(2,16)8-9-3-4-10(14)7-11(9)15/h3-4,7,16H,5-6,8H2,1-2H3. The Labute approximate surface area is 104 Å². The Bertz CT molecular complexity index is 410. The van der Waals surface area contributed by atoms with Crippen LogP contribution in [0.1, 0.15) is 32.3 Å². The van der Waals surface area contributed by atoms with Crippen LogP contribution in [0.4, 0.5) is 4.39 Å². The highest BCUT2D eigenvalue weighted by Gasteiger charge is 2.52. The molecule has 1 N–H and O–H groups in total. The Morgan fingerprint density at radius 1 is 1.50 bits per heavy atom. The van der Waals surface area contributed by atoms with Gasteiger partial charge in [0.15, 0.2) is 0 Å². The molecule has 1 aliphatic carbocycles. The van der Waals surface area contributed by atoms with Crippen molar-refractivity contribution in [2.75, 3.05) is 0 Å². The Morgan fingerprint density at radius 3 is 2.62 bits per heavy atom. The van der Waals surface area contributed by atoms with Gasteiger partial charge in [-0.2, -0.15) is 0 Å². The van der Waals surface area contributed by atoms with Crippen molar-refractivity contribution in [1.82, 2.24) is 0 Å². The van der Waals surface area contributed by atoms with E-state index in [-0.39, 0.29) is 11.2 Å². The largest absolute Gasteiger partial charge is 0.389 e. The van der Waals surface area contributed by atoms with E-state index in [2.05, 4.69) is 22.9 Å². The van der Waals surface area contributed by atoms with Crippen molar-refractivity contribution in [2.24, 2.45) is 5.41 Å². The zero-order valence-electron chi connectivity index (χ0n) is 9.56. The van der Waals surface area contributed by atoms with E-state index in [0.29, 0.717) is 12.0 Å². The summed E-state index contributed by atoms with van der Waals surface area (Å²) in [6, 6.07) is 4.99. The first kappa shape index (κ1) is 12.1. The lowest BCUT2D eigenvalue weighted by Gasteiger charge is -2.30. The van der Waals surface area contributed by atoms with Gasteiger partial charge in [0.25, 0.3) is 0 Å². The first-order valence-corrected chi connectivity index (χ1v) is 6.30. The minimum Gasteiger partial charge on any atom is -0.389 e. The fraction of sp³-hybridized carbons (Fsp3) is 0.538. The van der Waals surface area contributed by atoms with Gasteiger partial charge in [0.05, 0.1) is 5.60 Å². The summed E-state index contributed by atoms with van der Waals surface area (Å²) in [6.45, 7) is 3.87. The fourth-order valence-electron chi connectivity index (χ4n) is 1.98. The highest BCUT2D eigenvalue weighted by atomic mass is 79.9. The third-order valence-corrected chi connectivity index (χ3v) is 4.34. The third kappa shape index (κ3) is 2.16. The molecule has 0 aromatic heterocycles. The third-order valence-electron chi connectivity index (χ3n) is 3.85. The van der Waals surface area contributed by atoms with Crippen LogP contribution in [0.3, 0.4) is 0 Å². The molecule has 16 heavy (non-hydrogen) atoms. The lowest BCUT2D eigenvalue weighted by Crippen LogP contribution is -2.37. The van der Waals surface area contributed by atoms with E-state index in [4.69, 9.17) is 0 Å². The van der Waals surface area contributed by atoms with Gasteiger partial charge in [-0.3, -0.25) is 0 Å². The Morgan fingerprint density at radius 2 is 2.12 bits per heavy atom. The van der Waals surface area contributed by atoms with Crippen LogP contribution in [0.2, 0.25) is 0 Å². The lowest BCUT2D eigenvalue weighted by atomic mass is 9.82. The minimum atomic E-state index is -0.818. The van der Waals surface area contributed by atoms with E-state index in [1.165, 1.54) is 6.07 Å². The smallest absolute Gasteiger partial charge is 0.127 e. The van der Waals surface area contributed by atoms with E-state index in [1.54, 1.807) is 6.07 Å². The van der Waals surface area contributed by atoms with E-state index in [9.17, 15) is 9.50 Å². The second-order valence-electron chi connectivity index (χ2n) is 5.25. The Kier molecular flexibility index (Phi) is 2.87. The quantitative estimate of drug-likeness (QED) is 0.899.